The third-order valence-electron chi connectivity index (χ3n) is 4.69. The summed E-state index contributed by atoms with van der Waals surface area (Å²) in [6, 6.07) is 15.4. The number of benzene rings is 2. The van der Waals surface area contributed by atoms with Gasteiger partial charge in [-0.1, -0.05) is 36.4 Å². The molecule has 3 rings (SSSR count). The molecule has 2 aromatic rings. The van der Waals surface area contributed by atoms with Crippen molar-refractivity contribution in [2.45, 2.75) is 25.8 Å². The lowest BCUT2D eigenvalue weighted by Gasteiger charge is -2.28. The molecule has 0 aromatic heterocycles. The summed E-state index contributed by atoms with van der Waals surface area (Å²) in [6.45, 7) is 2.87. The number of anilines is 1. The maximum Gasteiger partial charge on any atom is 0.339 e. The lowest BCUT2D eigenvalue weighted by molar-refractivity contribution is -0.116. The van der Waals surface area contributed by atoms with Crippen molar-refractivity contribution < 1.29 is 14.3 Å². The van der Waals surface area contributed by atoms with E-state index in [0.717, 1.165) is 32.5 Å². The molecule has 1 aliphatic heterocycles. The molecule has 26 heavy (non-hydrogen) atoms. The van der Waals surface area contributed by atoms with E-state index in [0.29, 0.717) is 17.7 Å². The maximum absolute atomic E-state index is 12.2. The predicted molar refractivity (Wildman–Crippen MR) is 101 cm³/mol. The van der Waals surface area contributed by atoms with Gasteiger partial charge in [-0.15, -0.1) is 0 Å². The van der Waals surface area contributed by atoms with Gasteiger partial charge in [0.15, 0.2) is 0 Å². The molecule has 0 bridgehead atoms. The molecule has 1 heterocycles. The standard InChI is InChI=1S/C21H24N2O3/c1-26-21(25)18-9-4-5-10-19(18)22-20(24)11-6-13-23-14-12-16-7-2-3-8-17(16)15-23/h2-5,7-10H,6,11-15H2,1H3,(H,22,24). The first kappa shape index (κ1) is 18.1. The van der Waals surface area contributed by atoms with Gasteiger partial charge in [0, 0.05) is 19.5 Å². The predicted octanol–water partition coefficient (Wildman–Crippen LogP) is 3.25. The number of carbonyl (C=O) groups excluding carboxylic acids is 2. The summed E-state index contributed by atoms with van der Waals surface area (Å²) in [6.07, 6.45) is 2.27. The van der Waals surface area contributed by atoms with Crippen molar-refractivity contribution in [3.8, 4) is 0 Å². The van der Waals surface area contributed by atoms with Gasteiger partial charge in [-0.2, -0.15) is 0 Å². The highest BCUT2D eigenvalue weighted by Gasteiger charge is 2.16. The fraction of sp³-hybridized carbons (Fsp3) is 0.333. The van der Waals surface area contributed by atoms with Gasteiger partial charge in [0.25, 0.3) is 0 Å². The third-order valence-corrected chi connectivity index (χ3v) is 4.69. The quantitative estimate of drug-likeness (QED) is 0.811. The van der Waals surface area contributed by atoms with Gasteiger partial charge in [-0.25, -0.2) is 4.79 Å². The summed E-state index contributed by atoms with van der Waals surface area (Å²) in [5.41, 5.74) is 3.68. The van der Waals surface area contributed by atoms with Gasteiger partial charge in [-0.3, -0.25) is 9.69 Å². The molecule has 0 radical (unpaired) electrons. The zero-order chi connectivity index (χ0) is 18.4. The molecule has 2 aromatic carbocycles. The Balaban J connectivity index is 1.48. The molecule has 0 saturated carbocycles. The molecule has 1 N–H and O–H groups in total. The molecule has 1 aliphatic rings. The van der Waals surface area contributed by atoms with Crippen LogP contribution >= 0.6 is 0 Å². The average molecular weight is 352 g/mol. The zero-order valence-corrected chi connectivity index (χ0v) is 15.0. The number of esters is 1. The smallest absolute Gasteiger partial charge is 0.339 e. The molecule has 1 amide bonds. The highest BCUT2D eigenvalue weighted by Crippen LogP contribution is 2.19. The van der Waals surface area contributed by atoms with Gasteiger partial charge < -0.3 is 10.1 Å². The average Bonchev–Trinajstić information content (AvgIpc) is 2.67. The Morgan fingerprint density at radius 3 is 2.62 bits per heavy atom. The number of amides is 1. The highest BCUT2D eigenvalue weighted by atomic mass is 16.5. The van der Waals surface area contributed by atoms with E-state index in [1.54, 1.807) is 24.3 Å². The maximum atomic E-state index is 12.2. The number of methoxy groups -OCH3 is 1. The number of carbonyl (C=O) groups is 2. The molecule has 136 valence electrons. The number of nitrogens with zero attached hydrogens (tertiary/aromatic N) is 1. The van der Waals surface area contributed by atoms with Crippen molar-refractivity contribution in [2.75, 3.05) is 25.5 Å². The third kappa shape index (κ3) is 4.49. The first-order valence-corrected chi connectivity index (χ1v) is 8.93. The number of nitrogens with one attached hydrogen (secondary N) is 1. The Morgan fingerprint density at radius 2 is 1.81 bits per heavy atom. The fourth-order valence-corrected chi connectivity index (χ4v) is 3.30. The number of hydrogen-bond acceptors (Lipinski definition) is 4. The van der Waals surface area contributed by atoms with Gasteiger partial charge in [0.2, 0.25) is 5.91 Å². The lowest BCUT2D eigenvalue weighted by atomic mass is 10.00. The summed E-state index contributed by atoms with van der Waals surface area (Å²) in [5.74, 6) is -0.536. The van der Waals surface area contributed by atoms with Crippen LogP contribution in [0.25, 0.3) is 0 Å². The lowest BCUT2D eigenvalue weighted by Crippen LogP contribution is -2.31. The number of rotatable bonds is 6. The minimum Gasteiger partial charge on any atom is -0.465 e. The van der Waals surface area contributed by atoms with Crippen LogP contribution in [0.3, 0.4) is 0 Å². The number of hydrogen-bond donors (Lipinski definition) is 1. The van der Waals surface area contributed by atoms with Gasteiger partial charge >= 0.3 is 5.97 Å². The molecule has 0 unspecified atom stereocenters. The van der Waals surface area contributed by atoms with Crippen LogP contribution in [0.5, 0.6) is 0 Å². The molecule has 5 nitrogen and oxygen atoms in total. The Labute approximate surface area is 154 Å². The van der Waals surface area contributed by atoms with Crippen molar-refractivity contribution in [2.24, 2.45) is 0 Å². The Morgan fingerprint density at radius 1 is 1.08 bits per heavy atom. The largest absolute Gasteiger partial charge is 0.465 e. The monoisotopic (exact) mass is 352 g/mol. The van der Waals surface area contributed by atoms with E-state index in [2.05, 4.69) is 34.5 Å². The minimum absolute atomic E-state index is 0.0845. The summed E-state index contributed by atoms with van der Waals surface area (Å²) < 4.78 is 4.75. The Hall–Kier alpha value is -2.66. The molecule has 0 atom stereocenters. The summed E-state index contributed by atoms with van der Waals surface area (Å²) >= 11 is 0. The van der Waals surface area contributed by atoms with Crippen molar-refractivity contribution in [1.82, 2.24) is 4.90 Å². The first-order chi connectivity index (χ1) is 12.7. The van der Waals surface area contributed by atoms with E-state index in [9.17, 15) is 9.59 Å². The SMILES string of the molecule is COC(=O)c1ccccc1NC(=O)CCCN1CCc2ccccc2C1. The number of fused-ring (bicyclic) bond motifs is 1. The van der Waals surface area contributed by atoms with Crippen LogP contribution in [0.1, 0.15) is 34.3 Å². The molecule has 0 saturated heterocycles. The second-order valence-corrected chi connectivity index (χ2v) is 6.48. The topological polar surface area (TPSA) is 58.6 Å². The highest BCUT2D eigenvalue weighted by molar-refractivity contribution is 6.01. The van der Waals surface area contributed by atoms with E-state index in [1.165, 1.54) is 18.2 Å². The van der Waals surface area contributed by atoms with Crippen LogP contribution in [-0.2, 0) is 22.5 Å². The summed E-state index contributed by atoms with van der Waals surface area (Å²) in [5, 5.41) is 2.82. The number of para-hydroxylation sites is 1. The van der Waals surface area contributed by atoms with E-state index in [1.807, 2.05) is 0 Å². The number of ether oxygens (including phenoxy) is 1. The van der Waals surface area contributed by atoms with Crippen molar-refractivity contribution in [1.29, 1.82) is 0 Å². The van der Waals surface area contributed by atoms with Crippen LogP contribution in [0.15, 0.2) is 48.5 Å². The summed E-state index contributed by atoms with van der Waals surface area (Å²) in [4.78, 5) is 26.4. The van der Waals surface area contributed by atoms with Crippen LogP contribution in [0.2, 0.25) is 0 Å². The van der Waals surface area contributed by atoms with Crippen LogP contribution < -0.4 is 5.32 Å². The first-order valence-electron chi connectivity index (χ1n) is 8.93. The van der Waals surface area contributed by atoms with Crippen molar-refractivity contribution >= 4 is 17.6 Å². The minimum atomic E-state index is -0.451. The van der Waals surface area contributed by atoms with E-state index >= 15 is 0 Å². The van der Waals surface area contributed by atoms with E-state index in [-0.39, 0.29) is 5.91 Å². The van der Waals surface area contributed by atoms with Crippen LogP contribution in [0.4, 0.5) is 5.69 Å². The van der Waals surface area contributed by atoms with Gasteiger partial charge in [0.05, 0.1) is 18.4 Å². The molecule has 5 heteroatoms. The molecule has 0 spiro atoms. The van der Waals surface area contributed by atoms with Crippen LogP contribution in [-0.4, -0.2) is 37.0 Å². The van der Waals surface area contributed by atoms with Crippen LogP contribution in [0, 0.1) is 0 Å². The second kappa shape index (κ2) is 8.63. The molecular weight excluding hydrogens is 328 g/mol. The Kier molecular flexibility index (Phi) is 6.02. The van der Waals surface area contributed by atoms with Gasteiger partial charge in [0.1, 0.15) is 0 Å². The summed E-state index contributed by atoms with van der Waals surface area (Å²) in [7, 11) is 1.33. The zero-order valence-electron chi connectivity index (χ0n) is 15.0. The normalized spacial score (nSPS) is 13.7. The second-order valence-electron chi connectivity index (χ2n) is 6.48. The van der Waals surface area contributed by atoms with Crippen molar-refractivity contribution in [3.63, 3.8) is 0 Å². The molecule has 0 fully saturated rings. The molecule has 0 aliphatic carbocycles. The Bertz CT molecular complexity index is 788. The van der Waals surface area contributed by atoms with E-state index in [4.69, 9.17) is 4.74 Å². The molecular formula is C21H24N2O3. The fourth-order valence-electron chi connectivity index (χ4n) is 3.30. The van der Waals surface area contributed by atoms with Gasteiger partial charge in [-0.05, 0) is 42.6 Å². The van der Waals surface area contributed by atoms with Crippen molar-refractivity contribution in [3.05, 3.63) is 65.2 Å². The van der Waals surface area contributed by atoms with E-state index < -0.39 is 5.97 Å².